The number of carbonyl (C=O) groups is 1. The van der Waals surface area contributed by atoms with Gasteiger partial charge in [0, 0.05) is 36.0 Å². The number of carbonyl (C=O) groups excluding carboxylic acids is 1. The zero-order valence-electron chi connectivity index (χ0n) is 14.5. The van der Waals surface area contributed by atoms with Crippen molar-refractivity contribution in [3.8, 4) is 0 Å². The molecule has 1 fully saturated rings. The van der Waals surface area contributed by atoms with E-state index in [0.717, 1.165) is 41.5 Å². The first-order valence-electron chi connectivity index (χ1n) is 8.38. The molecule has 0 aliphatic carbocycles. The van der Waals surface area contributed by atoms with E-state index in [4.69, 9.17) is 0 Å². The van der Waals surface area contributed by atoms with Gasteiger partial charge in [0.05, 0.1) is 0 Å². The second-order valence-electron chi connectivity index (χ2n) is 6.05. The van der Waals surface area contributed by atoms with Crippen molar-refractivity contribution in [3.63, 3.8) is 0 Å². The summed E-state index contributed by atoms with van der Waals surface area (Å²) in [5, 5.41) is 0. The number of thioether (sulfide) groups is 1. The molecule has 1 unspecified atom stereocenters. The first kappa shape index (κ1) is 17.7. The summed E-state index contributed by atoms with van der Waals surface area (Å²) in [7, 11) is 0. The number of anilines is 1. The smallest absolute Gasteiger partial charge is 0.260 e. The van der Waals surface area contributed by atoms with E-state index in [0.29, 0.717) is 5.95 Å². The second-order valence-corrected chi connectivity index (χ2v) is 7.27. The van der Waals surface area contributed by atoms with Gasteiger partial charge >= 0.3 is 0 Å². The summed E-state index contributed by atoms with van der Waals surface area (Å²) >= 11 is 1.93. The topological polar surface area (TPSA) is 70.2 Å². The summed E-state index contributed by atoms with van der Waals surface area (Å²) in [6.45, 7) is 5.61. The van der Waals surface area contributed by atoms with Crippen LogP contribution in [0.5, 0.6) is 0 Å². The van der Waals surface area contributed by atoms with E-state index in [9.17, 15) is 4.79 Å². The molecule has 0 bridgehead atoms. The first-order chi connectivity index (χ1) is 12.1. The van der Waals surface area contributed by atoms with Crippen molar-refractivity contribution in [1.82, 2.24) is 20.3 Å². The average molecular weight is 357 g/mol. The van der Waals surface area contributed by atoms with Crippen LogP contribution in [0.25, 0.3) is 0 Å². The van der Waals surface area contributed by atoms with E-state index in [2.05, 4.69) is 25.7 Å². The van der Waals surface area contributed by atoms with Crippen molar-refractivity contribution < 1.29 is 4.79 Å². The predicted octanol–water partition coefficient (Wildman–Crippen LogP) is 2.33. The third-order valence-electron chi connectivity index (χ3n) is 4.05. The minimum atomic E-state index is -0.319. The summed E-state index contributed by atoms with van der Waals surface area (Å²) in [4.78, 5) is 23.7. The van der Waals surface area contributed by atoms with Crippen LogP contribution in [-0.2, 0) is 4.79 Å². The number of aromatic nitrogens is 2. The second kappa shape index (κ2) is 8.31. The Bertz CT molecular complexity index is 698. The molecule has 1 atom stereocenters. The van der Waals surface area contributed by atoms with Crippen molar-refractivity contribution in [2.24, 2.45) is 0 Å². The van der Waals surface area contributed by atoms with Gasteiger partial charge in [-0.1, -0.05) is 30.3 Å². The van der Waals surface area contributed by atoms with Gasteiger partial charge in [0.15, 0.2) is 0 Å². The van der Waals surface area contributed by atoms with Crippen LogP contribution in [0.1, 0.15) is 23.0 Å². The van der Waals surface area contributed by atoms with Crippen molar-refractivity contribution in [3.05, 3.63) is 53.3 Å². The Kier molecular flexibility index (Phi) is 5.88. The van der Waals surface area contributed by atoms with E-state index < -0.39 is 0 Å². The number of hydrazine groups is 1. The van der Waals surface area contributed by atoms with Crippen LogP contribution in [0, 0.1) is 13.8 Å². The lowest BCUT2D eigenvalue weighted by atomic mass is 10.0. The molecule has 2 aromatic rings. The highest BCUT2D eigenvalue weighted by Crippen LogP contribution is 2.24. The Morgan fingerprint density at radius 2 is 1.76 bits per heavy atom. The number of nitrogens with zero attached hydrogens (tertiary/aromatic N) is 3. The van der Waals surface area contributed by atoms with Gasteiger partial charge in [0.2, 0.25) is 5.95 Å². The van der Waals surface area contributed by atoms with Gasteiger partial charge in [-0.25, -0.2) is 9.97 Å². The molecule has 25 heavy (non-hydrogen) atoms. The highest BCUT2D eigenvalue weighted by molar-refractivity contribution is 7.99. The standard InChI is InChI=1S/C18H23N5OS/c1-13-12-14(2)20-18(19-13)22-21-17(24)16(15-6-4-3-5-7-15)23-8-10-25-11-9-23/h3-7,12,16H,8-11H2,1-2H3,(H,21,24)(H,19,20,22). The number of nitrogens with one attached hydrogen (secondary N) is 2. The quantitative estimate of drug-likeness (QED) is 0.801. The molecule has 0 saturated carbocycles. The maximum atomic E-state index is 12.9. The maximum Gasteiger partial charge on any atom is 0.260 e. The molecule has 6 nitrogen and oxygen atoms in total. The normalized spacial score (nSPS) is 16.2. The fourth-order valence-corrected chi connectivity index (χ4v) is 3.90. The maximum absolute atomic E-state index is 12.9. The lowest BCUT2D eigenvalue weighted by Gasteiger charge is -2.33. The largest absolute Gasteiger partial charge is 0.287 e. The number of hydrogen-bond donors (Lipinski definition) is 2. The molecular weight excluding hydrogens is 334 g/mol. The van der Waals surface area contributed by atoms with Crippen molar-refractivity contribution in [2.45, 2.75) is 19.9 Å². The molecule has 7 heteroatoms. The number of amides is 1. The molecule has 1 amide bonds. The van der Waals surface area contributed by atoms with Crippen LogP contribution in [0.3, 0.4) is 0 Å². The molecule has 132 valence electrons. The zero-order chi connectivity index (χ0) is 17.6. The van der Waals surface area contributed by atoms with Gasteiger partial charge in [-0.3, -0.25) is 20.5 Å². The predicted molar refractivity (Wildman–Crippen MR) is 101 cm³/mol. The summed E-state index contributed by atoms with van der Waals surface area (Å²) < 4.78 is 0. The molecule has 1 aromatic carbocycles. The van der Waals surface area contributed by atoms with E-state index in [1.165, 1.54) is 0 Å². The molecule has 1 aliphatic heterocycles. The Labute approximate surface area is 152 Å². The summed E-state index contributed by atoms with van der Waals surface area (Å²) in [5.41, 5.74) is 8.36. The summed E-state index contributed by atoms with van der Waals surface area (Å²) in [6, 6.07) is 11.5. The van der Waals surface area contributed by atoms with Gasteiger partial charge in [-0.15, -0.1) is 0 Å². The Hall–Kier alpha value is -2.12. The molecular formula is C18H23N5OS. The van der Waals surface area contributed by atoms with Gasteiger partial charge in [-0.2, -0.15) is 11.8 Å². The Balaban J connectivity index is 1.74. The lowest BCUT2D eigenvalue weighted by molar-refractivity contribution is -0.126. The van der Waals surface area contributed by atoms with Crippen LogP contribution in [-0.4, -0.2) is 45.4 Å². The van der Waals surface area contributed by atoms with Crippen LogP contribution >= 0.6 is 11.8 Å². The Morgan fingerprint density at radius 1 is 1.12 bits per heavy atom. The third-order valence-corrected chi connectivity index (χ3v) is 5.00. The van der Waals surface area contributed by atoms with E-state index >= 15 is 0 Å². The SMILES string of the molecule is Cc1cc(C)nc(NNC(=O)C(c2ccccc2)N2CCSCC2)n1. The third kappa shape index (κ3) is 4.70. The fourth-order valence-electron chi connectivity index (χ4n) is 2.97. The lowest BCUT2D eigenvalue weighted by Crippen LogP contribution is -2.45. The molecule has 1 aliphatic rings. The molecule has 0 radical (unpaired) electrons. The molecule has 2 N–H and O–H groups in total. The van der Waals surface area contributed by atoms with Crippen molar-refractivity contribution in [2.75, 3.05) is 30.0 Å². The van der Waals surface area contributed by atoms with Gasteiger partial charge in [-0.05, 0) is 25.5 Å². The van der Waals surface area contributed by atoms with E-state index in [-0.39, 0.29) is 11.9 Å². The van der Waals surface area contributed by atoms with Crippen LogP contribution in [0.4, 0.5) is 5.95 Å². The minimum Gasteiger partial charge on any atom is -0.287 e. The first-order valence-corrected chi connectivity index (χ1v) is 9.54. The van der Waals surface area contributed by atoms with Gasteiger partial charge in [0.25, 0.3) is 5.91 Å². The van der Waals surface area contributed by atoms with Crippen molar-refractivity contribution in [1.29, 1.82) is 0 Å². The number of benzene rings is 1. The highest BCUT2D eigenvalue weighted by atomic mass is 32.2. The molecule has 1 aromatic heterocycles. The van der Waals surface area contributed by atoms with Crippen LogP contribution in [0.2, 0.25) is 0 Å². The molecule has 0 spiro atoms. The average Bonchev–Trinajstić information content (AvgIpc) is 2.61. The van der Waals surface area contributed by atoms with Crippen LogP contribution < -0.4 is 10.9 Å². The molecule has 2 heterocycles. The highest BCUT2D eigenvalue weighted by Gasteiger charge is 2.28. The summed E-state index contributed by atoms with van der Waals surface area (Å²) in [6.07, 6.45) is 0. The molecule has 3 rings (SSSR count). The monoisotopic (exact) mass is 357 g/mol. The summed E-state index contributed by atoms with van der Waals surface area (Å²) in [5.74, 6) is 2.40. The van der Waals surface area contributed by atoms with Gasteiger partial charge < -0.3 is 0 Å². The Morgan fingerprint density at radius 3 is 2.40 bits per heavy atom. The zero-order valence-corrected chi connectivity index (χ0v) is 15.3. The minimum absolute atomic E-state index is 0.0964. The number of hydrogen-bond acceptors (Lipinski definition) is 6. The van der Waals surface area contributed by atoms with Gasteiger partial charge in [0.1, 0.15) is 6.04 Å². The number of rotatable bonds is 5. The van der Waals surface area contributed by atoms with Crippen LogP contribution in [0.15, 0.2) is 36.4 Å². The van der Waals surface area contributed by atoms with Crippen molar-refractivity contribution >= 4 is 23.6 Å². The number of aryl methyl sites for hydroxylation is 2. The van der Waals surface area contributed by atoms with E-state index in [1.54, 1.807) is 0 Å². The molecule has 1 saturated heterocycles. The fraction of sp³-hybridized carbons (Fsp3) is 0.389. The van der Waals surface area contributed by atoms with E-state index in [1.807, 2.05) is 62.0 Å².